The number of amides is 1. The van der Waals surface area contributed by atoms with E-state index in [1.807, 2.05) is 0 Å². The number of ether oxygens (including phenoxy) is 1. The second-order valence-electron chi connectivity index (χ2n) is 5.52. The third kappa shape index (κ3) is 5.60. The molecule has 1 aliphatic carbocycles. The highest BCUT2D eigenvalue weighted by Crippen LogP contribution is 2.13. The average Bonchev–Trinajstić information content (AvgIpc) is 2.30. The molecule has 0 bridgehead atoms. The fourth-order valence-corrected chi connectivity index (χ4v) is 1.57. The lowest BCUT2D eigenvalue weighted by atomic mass is 9.99. The zero-order chi connectivity index (χ0) is 16.2. The minimum atomic E-state index is -1.26. The number of hydrogen-bond donors (Lipinski definition) is 2. The van der Waals surface area contributed by atoms with E-state index in [1.54, 1.807) is 20.8 Å². The molecule has 0 aromatic heterocycles. The number of carboxylic acid groups (broad SMARTS) is 1. The number of carbonyl (C=O) groups is 4. The number of aliphatic carboxylic acids is 1. The van der Waals surface area contributed by atoms with Crippen LogP contribution < -0.4 is 5.32 Å². The lowest BCUT2D eigenvalue weighted by Crippen LogP contribution is -2.43. The number of allylic oxidation sites excluding steroid dienone is 3. The summed E-state index contributed by atoms with van der Waals surface area (Å²) in [5.74, 6) is -2.64. The van der Waals surface area contributed by atoms with Crippen LogP contribution in [0.2, 0.25) is 0 Å². The quantitative estimate of drug-likeness (QED) is 0.591. The fourth-order valence-electron chi connectivity index (χ4n) is 1.57. The smallest absolute Gasteiger partial charge is 0.408 e. The lowest BCUT2D eigenvalue weighted by molar-refractivity contribution is -0.139. The van der Waals surface area contributed by atoms with E-state index in [-0.39, 0.29) is 6.42 Å². The van der Waals surface area contributed by atoms with E-state index < -0.39 is 35.3 Å². The highest BCUT2D eigenvalue weighted by atomic mass is 16.6. The van der Waals surface area contributed by atoms with Gasteiger partial charge < -0.3 is 15.2 Å². The van der Waals surface area contributed by atoms with E-state index in [2.05, 4.69) is 5.32 Å². The van der Waals surface area contributed by atoms with Crippen molar-refractivity contribution in [2.45, 2.75) is 38.8 Å². The van der Waals surface area contributed by atoms with Gasteiger partial charge in [0.15, 0.2) is 0 Å². The van der Waals surface area contributed by atoms with Gasteiger partial charge in [0.05, 0.1) is 0 Å². The molecular formula is C14H17NO6. The minimum absolute atomic E-state index is 0.121. The van der Waals surface area contributed by atoms with E-state index in [9.17, 15) is 19.2 Å². The second-order valence-corrected chi connectivity index (χ2v) is 5.52. The van der Waals surface area contributed by atoms with Crippen LogP contribution in [0.1, 0.15) is 27.2 Å². The number of ketones is 2. The van der Waals surface area contributed by atoms with Crippen molar-refractivity contribution >= 4 is 23.6 Å². The molecule has 21 heavy (non-hydrogen) atoms. The largest absolute Gasteiger partial charge is 0.480 e. The summed E-state index contributed by atoms with van der Waals surface area (Å²) in [4.78, 5) is 45.0. The van der Waals surface area contributed by atoms with Crippen molar-refractivity contribution in [3.05, 3.63) is 23.8 Å². The Hall–Kier alpha value is -2.44. The van der Waals surface area contributed by atoms with Gasteiger partial charge in [-0.15, -0.1) is 0 Å². The van der Waals surface area contributed by atoms with Crippen LogP contribution in [0.15, 0.2) is 23.8 Å². The van der Waals surface area contributed by atoms with Crippen LogP contribution in [0.5, 0.6) is 0 Å². The summed E-state index contributed by atoms with van der Waals surface area (Å²) in [7, 11) is 0. The summed E-state index contributed by atoms with van der Waals surface area (Å²) < 4.78 is 4.97. The van der Waals surface area contributed by atoms with Crippen molar-refractivity contribution in [2.75, 3.05) is 0 Å². The number of alkyl carbamates (subject to hydrolysis) is 1. The Morgan fingerprint density at radius 1 is 1.24 bits per heavy atom. The van der Waals surface area contributed by atoms with Crippen LogP contribution in [0, 0.1) is 0 Å². The SMILES string of the molecule is CC(C)(C)OC(=O)NC(CC1=CC(=O)C(=O)C=C1)C(=O)O. The summed E-state index contributed by atoms with van der Waals surface area (Å²) in [6.45, 7) is 4.96. The topological polar surface area (TPSA) is 110 Å². The van der Waals surface area contributed by atoms with Crippen LogP contribution >= 0.6 is 0 Å². The molecule has 0 aromatic carbocycles. The Bertz CT molecular complexity index is 538. The number of nitrogens with one attached hydrogen (secondary N) is 1. The van der Waals surface area contributed by atoms with E-state index in [4.69, 9.17) is 9.84 Å². The zero-order valence-electron chi connectivity index (χ0n) is 12.0. The van der Waals surface area contributed by atoms with Crippen molar-refractivity contribution in [1.82, 2.24) is 5.32 Å². The fraction of sp³-hybridized carbons (Fsp3) is 0.429. The standard InChI is InChI=1S/C14H17NO6/c1-14(2,3)21-13(20)15-9(12(18)19)6-8-4-5-10(16)11(17)7-8/h4-5,7,9H,6H2,1-3H3,(H,15,20)(H,18,19). The van der Waals surface area contributed by atoms with Gasteiger partial charge in [-0.25, -0.2) is 9.59 Å². The molecule has 1 amide bonds. The summed E-state index contributed by atoms with van der Waals surface area (Å²) in [6.07, 6.45) is 2.51. The molecule has 0 aliphatic heterocycles. The number of hydrogen-bond acceptors (Lipinski definition) is 5. The number of carboxylic acids is 1. The average molecular weight is 295 g/mol. The van der Waals surface area contributed by atoms with E-state index in [1.165, 1.54) is 6.08 Å². The van der Waals surface area contributed by atoms with Gasteiger partial charge in [0, 0.05) is 6.42 Å². The third-order valence-corrected chi connectivity index (χ3v) is 2.44. The van der Waals surface area contributed by atoms with Gasteiger partial charge in [0.2, 0.25) is 11.6 Å². The molecule has 0 saturated heterocycles. The van der Waals surface area contributed by atoms with Crippen LogP contribution in [-0.4, -0.2) is 40.4 Å². The molecule has 2 N–H and O–H groups in total. The Morgan fingerprint density at radius 2 is 1.86 bits per heavy atom. The van der Waals surface area contributed by atoms with Crippen molar-refractivity contribution in [3.63, 3.8) is 0 Å². The third-order valence-electron chi connectivity index (χ3n) is 2.44. The molecule has 1 atom stereocenters. The summed E-state index contributed by atoms with van der Waals surface area (Å²) in [5, 5.41) is 11.3. The predicted octanol–water partition coefficient (Wildman–Crippen LogP) is 0.989. The van der Waals surface area contributed by atoms with Gasteiger partial charge in [0.1, 0.15) is 11.6 Å². The molecule has 0 radical (unpaired) electrons. The molecule has 0 heterocycles. The van der Waals surface area contributed by atoms with Crippen LogP contribution in [0.4, 0.5) is 4.79 Å². The maximum absolute atomic E-state index is 11.6. The second kappa shape index (κ2) is 6.34. The molecule has 7 heteroatoms. The molecule has 1 unspecified atom stereocenters. The van der Waals surface area contributed by atoms with Crippen molar-refractivity contribution in [2.24, 2.45) is 0 Å². The first-order valence-corrected chi connectivity index (χ1v) is 6.28. The zero-order valence-corrected chi connectivity index (χ0v) is 12.0. The molecule has 0 fully saturated rings. The highest BCUT2D eigenvalue weighted by Gasteiger charge is 2.25. The molecule has 1 aliphatic rings. The van der Waals surface area contributed by atoms with E-state index in [0.29, 0.717) is 5.57 Å². The van der Waals surface area contributed by atoms with Gasteiger partial charge in [-0.05, 0) is 38.5 Å². The molecule has 7 nitrogen and oxygen atoms in total. The summed E-state index contributed by atoms with van der Waals surface area (Å²) in [6, 6.07) is -1.25. The number of carbonyl (C=O) groups excluding carboxylic acids is 3. The van der Waals surface area contributed by atoms with Gasteiger partial charge >= 0.3 is 12.1 Å². The molecule has 114 valence electrons. The van der Waals surface area contributed by atoms with Crippen LogP contribution in [0.25, 0.3) is 0 Å². The molecule has 0 saturated carbocycles. The molecule has 0 aromatic rings. The Kier molecular flexibility index (Phi) is 5.02. The highest BCUT2D eigenvalue weighted by molar-refractivity contribution is 6.46. The molecule has 0 spiro atoms. The minimum Gasteiger partial charge on any atom is -0.480 e. The first kappa shape index (κ1) is 16.6. The van der Waals surface area contributed by atoms with Crippen molar-refractivity contribution in [1.29, 1.82) is 0 Å². The van der Waals surface area contributed by atoms with E-state index in [0.717, 1.165) is 12.2 Å². The van der Waals surface area contributed by atoms with E-state index >= 15 is 0 Å². The Labute approximate surface area is 121 Å². The first-order chi connectivity index (χ1) is 9.58. The monoisotopic (exact) mass is 295 g/mol. The van der Waals surface area contributed by atoms with Gasteiger partial charge in [0.25, 0.3) is 0 Å². The van der Waals surface area contributed by atoms with Crippen molar-refractivity contribution < 1.29 is 29.0 Å². The summed E-state index contributed by atoms with van der Waals surface area (Å²) in [5.41, 5.74) is -0.400. The molecular weight excluding hydrogens is 278 g/mol. The van der Waals surface area contributed by atoms with Crippen LogP contribution in [-0.2, 0) is 19.1 Å². The maximum Gasteiger partial charge on any atom is 0.408 e. The van der Waals surface area contributed by atoms with Crippen molar-refractivity contribution in [3.8, 4) is 0 Å². The maximum atomic E-state index is 11.6. The normalized spacial score (nSPS) is 16.2. The lowest BCUT2D eigenvalue weighted by Gasteiger charge is -2.22. The Balaban J connectivity index is 2.72. The molecule has 1 rings (SSSR count). The van der Waals surface area contributed by atoms with Gasteiger partial charge in [-0.1, -0.05) is 6.08 Å². The number of rotatable bonds is 4. The first-order valence-electron chi connectivity index (χ1n) is 6.28. The van der Waals surface area contributed by atoms with Crippen LogP contribution in [0.3, 0.4) is 0 Å². The Morgan fingerprint density at radius 3 is 2.33 bits per heavy atom. The predicted molar refractivity (Wildman–Crippen MR) is 72.6 cm³/mol. The van der Waals surface area contributed by atoms with Gasteiger partial charge in [-0.3, -0.25) is 9.59 Å². The van der Waals surface area contributed by atoms with Gasteiger partial charge in [-0.2, -0.15) is 0 Å². The summed E-state index contributed by atoms with van der Waals surface area (Å²) >= 11 is 0.